The number of nitrogens with zero attached hydrogens (tertiary/aromatic N) is 2. The molecule has 3 N–H and O–H groups in total. The third-order valence-corrected chi connectivity index (χ3v) is 7.09. The quantitative estimate of drug-likeness (QED) is 0.260. The van der Waals surface area contributed by atoms with Crippen LogP contribution in [0.15, 0.2) is 40.0 Å². The van der Waals surface area contributed by atoms with Crippen molar-refractivity contribution in [3.63, 3.8) is 0 Å². The molecular formula is C21H33IN4O2S2. The van der Waals surface area contributed by atoms with E-state index in [2.05, 4.69) is 51.9 Å². The SMILES string of the molecule is CCNC(=NCC(C)(O)c1cccs1)NCC(c1cccs1)N1CCOC(C)C1.I. The summed E-state index contributed by atoms with van der Waals surface area (Å²) in [6, 6.07) is 8.48. The van der Waals surface area contributed by atoms with Crippen LogP contribution in [0.1, 0.15) is 36.6 Å². The van der Waals surface area contributed by atoms with E-state index >= 15 is 0 Å². The minimum Gasteiger partial charge on any atom is -0.383 e. The largest absolute Gasteiger partial charge is 0.383 e. The highest BCUT2D eigenvalue weighted by molar-refractivity contribution is 14.0. The van der Waals surface area contributed by atoms with Gasteiger partial charge in [0, 0.05) is 35.9 Å². The Hall–Kier alpha value is -0.720. The van der Waals surface area contributed by atoms with Crippen LogP contribution in [-0.4, -0.2) is 61.4 Å². The fraction of sp³-hybridized carbons (Fsp3) is 0.571. The van der Waals surface area contributed by atoms with Gasteiger partial charge in [-0.1, -0.05) is 12.1 Å². The molecule has 1 aliphatic heterocycles. The van der Waals surface area contributed by atoms with Gasteiger partial charge in [0.2, 0.25) is 0 Å². The molecule has 3 unspecified atom stereocenters. The van der Waals surface area contributed by atoms with Crippen LogP contribution in [-0.2, 0) is 10.3 Å². The lowest BCUT2D eigenvalue weighted by atomic mass is 10.1. The minimum absolute atomic E-state index is 0. The molecule has 0 aromatic carbocycles. The summed E-state index contributed by atoms with van der Waals surface area (Å²) in [4.78, 5) is 9.42. The molecule has 9 heteroatoms. The van der Waals surface area contributed by atoms with E-state index in [-0.39, 0.29) is 36.1 Å². The molecule has 1 saturated heterocycles. The summed E-state index contributed by atoms with van der Waals surface area (Å²) in [6.07, 6.45) is 0.244. The van der Waals surface area contributed by atoms with Gasteiger partial charge in [0.25, 0.3) is 0 Å². The standard InChI is InChI=1S/C21H32N4O2S2.HI/c1-4-22-20(24-15-21(3,26)19-8-6-12-29-19)23-13-17(18-7-5-11-28-18)25-9-10-27-16(2)14-25;/h5-8,11-12,16-17,26H,4,9-10,13-15H2,1-3H3,(H2,22,23,24);1H. The molecule has 30 heavy (non-hydrogen) atoms. The highest BCUT2D eigenvalue weighted by Gasteiger charge is 2.27. The van der Waals surface area contributed by atoms with Crippen LogP contribution in [0.4, 0.5) is 0 Å². The number of thiophene rings is 2. The van der Waals surface area contributed by atoms with Gasteiger partial charge in [0.1, 0.15) is 5.60 Å². The van der Waals surface area contributed by atoms with Crippen molar-refractivity contribution in [2.24, 2.45) is 4.99 Å². The minimum atomic E-state index is -0.969. The van der Waals surface area contributed by atoms with E-state index in [1.807, 2.05) is 24.4 Å². The number of nitrogens with one attached hydrogen (secondary N) is 2. The van der Waals surface area contributed by atoms with E-state index in [4.69, 9.17) is 4.74 Å². The fourth-order valence-electron chi connectivity index (χ4n) is 3.45. The first-order valence-electron chi connectivity index (χ1n) is 10.2. The summed E-state index contributed by atoms with van der Waals surface area (Å²) >= 11 is 3.34. The van der Waals surface area contributed by atoms with E-state index in [0.717, 1.165) is 43.6 Å². The summed E-state index contributed by atoms with van der Waals surface area (Å²) in [7, 11) is 0. The highest BCUT2D eigenvalue weighted by Crippen LogP contribution is 2.27. The van der Waals surface area contributed by atoms with Crippen molar-refractivity contribution in [2.75, 3.05) is 39.3 Å². The monoisotopic (exact) mass is 564 g/mol. The number of hydrogen-bond donors (Lipinski definition) is 3. The summed E-state index contributed by atoms with van der Waals surface area (Å²) in [5.41, 5.74) is -0.969. The van der Waals surface area contributed by atoms with E-state index < -0.39 is 5.60 Å². The molecule has 0 aliphatic carbocycles. The topological polar surface area (TPSA) is 69.1 Å². The highest BCUT2D eigenvalue weighted by atomic mass is 127. The molecule has 3 heterocycles. The Bertz CT molecular complexity index is 753. The summed E-state index contributed by atoms with van der Waals surface area (Å²) < 4.78 is 5.73. The van der Waals surface area contributed by atoms with Crippen LogP contribution >= 0.6 is 46.7 Å². The Kier molecular flexibility index (Phi) is 10.5. The van der Waals surface area contributed by atoms with Crippen molar-refractivity contribution < 1.29 is 9.84 Å². The first-order valence-corrected chi connectivity index (χ1v) is 11.9. The number of halogens is 1. The molecule has 168 valence electrons. The van der Waals surface area contributed by atoms with Crippen molar-refractivity contribution in [1.82, 2.24) is 15.5 Å². The van der Waals surface area contributed by atoms with Crippen LogP contribution in [0, 0.1) is 0 Å². The molecule has 0 amide bonds. The molecule has 3 atom stereocenters. The summed E-state index contributed by atoms with van der Waals surface area (Å²) in [5, 5.41) is 21.7. The predicted molar refractivity (Wildman–Crippen MR) is 137 cm³/mol. The lowest BCUT2D eigenvalue weighted by Gasteiger charge is -2.37. The Labute approximate surface area is 204 Å². The molecule has 1 aliphatic rings. The van der Waals surface area contributed by atoms with Crippen LogP contribution in [0.2, 0.25) is 0 Å². The molecule has 6 nitrogen and oxygen atoms in total. The van der Waals surface area contributed by atoms with Gasteiger partial charge < -0.3 is 20.5 Å². The zero-order chi connectivity index (χ0) is 20.7. The number of aliphatic hydroxyl groups is 1. The van der Waals surface area contributed by atoms with E-state index in [1.165, 1.54) is 4.88 Å². The summed E-state index contributed by atoms with van der Waals surface area (Å²) in [6.45, 7) is 10.4. The zero-order valence-corrected chi connectivity index (χ0v) is 21.8. The van der Waals surface area contributed by atoms with Gasteiger partial charge in [-0.05, 0) is 43.7 Å². The van der Waals surface area contributed by atoms with Crippen molar-refractivity contribution >= 4 is 52.6 Å². The maximum Gasteiger partial charge on any atom is 0.191 e. The van der Waals surface area contributed by atoms with Gasteiger partial charge in [-0.3, -0.25) is 4.90 Å². The number of ether oxygens (including phenoxy) is 1. The molecule has 1 fully saturated rings. The van der Waals surface area contributed by atoms with Gasteiger partial charge >= 0.3 is 0 Å². The first-order chi connectivity index (χ1) is 14.0. The molecule has 2 aromatic heterocycles. The van der Waals surface area contributed by atoms with Crippen LogP contribution in [0.5, 0.6) is 0 Å². The average Bonchev–Trinajstić information content (AvgIpc) is 3.41. The van der Waals surface area contributed by atoms with Crippen molar-refractivity contribution in [3.05, 3.63) is 44.8 Å². The van der Waals surface area contributed by atoms with Crippen molar-refractivity contribution in [3.8, 4) is 0 Å². The van der Waals surface area contributed by atoms with Gasteiger partial charge in [-0.25, -0.2) is 4.99 Å². The number of guanidine groups is 1. The van der Waals surface area contributed by atoms with Gasteiger partial charge in [-0.15, -0.1) is 46.7 Å². The Balaban J connectivity index is 0.00000320. The smallest absolute Gasteiger partial charge is 0.191 e. The second-order valence-electron chi connectivity index (χ2n) is 7.53. The van der Waals surface area contributed by atoms with Gasteiger partial charge in [0.15, 0.2) is 5.96 Å². The Morgan fingerprint density at radius 1 is 1.33 bits per heavy atom. The molecule has 0 bridgehead atoms. The second kappa shape index (κ2) is 12.4. The van der Waals surface area contributed by atoms with Crippen molar-refractivity contribution in [1.29, 1.82) is 0 Å². The Morgan fingerprint density at radius 2 is 2.10 bits per heavy atom. The van der Waals surface area contributed by atoms with Crippen LogP contribution in [0.3, 0.4) is 0 Å². The van der Waals surface area contributed by atoms with Crippen molar-refractivity contribution in [2.45, 2.75) is 38.5 Å². The molecular weight excluding hydrogens is 531 g/mol. The predicted octanol–water partition coefficient (Wildman–Crippen LogP) is 3.65. The molecule has 2 aromatic rings. The van der Waals surface area contributed by atoms with Gasteiger partial charge in [-0.2, -0.15) is 0 Å². The van der Waals surface area contributed by atoms with Crippen LogP contribution < -0.4 is 10.6 Å². The third kappa shape index (κ3) is 7.16. The van der Waals surface area contributed by atoms with E-state index in [0.29, 0.717) is 6.54 Å². The lowest BCUT2D eigenvalue weighted by molar-refractivity contribution is -0.0334. The normalized spacial score (nSPS) is 20.8. The second-order valence-corrected chi connectivity index (χ2v) is 9.46. The number of rotatable bonds is 8. The van der Waals surface area contributed by atoms with Gasteiger partial charge in [0.05, 0.1) is 25.3 Å². The number of hydrogen-bond acceptors (Lipinski definition) is 6. The average molecular weight is 565 g/mol. The molecule has 0 saturated carbocycles. The molecule has 0 radical (unpaired) electrons. The number of morpholine rings is 1. The maximum atomic E-state index is 10.8. The maximum absolute atomic E-state index is 10.8. The molecule has 3 rings (SSSR count). The summed E-state index contributed by atoms with van der Waals surface area (Å²) in [5.74, 6) is 0.729. The molecule has 0 spiro atoms. The van der Waals surface area contributed by atoms with Crippen LogP contribution in [0.25, 0.3) is 0 Å². The fourth-order valence-corrected chi connectivity index (χ4v) is 5.09. The van der Waals surface area contributed by atoms with E-state index in [9.17, 15) is 5.11 Å². The third-order valence-electron chi connectivity index (χ3n) is 4.99. The lowest BCUT2D eigenvalue weighted by Crippen LogP contribution is -2.48. The van der Waals surface area contributed by atoms with E-state index in [1.54, 1.807) is 22.7 Å². The first kappa shape index (κ1) is 25.5. The number of aliphatic imine (C=N–C) groups is 1. The zero-order valence-electron chi connectivity index (χ0n) is 17.8. The Morgan fingerprint density at radius 3 is 2.73 bits per heavy atom.